The van der Waals surface area contributed by atoms with Crippen molar-refractivity contribution in [2.75, 3.05) is 9.91 Å². The van der Waals surface area contributed by atoms with E-state index in [1.807, 2.05) is 0 Å². The number of Topliss-reactive ketones (excluding diaryl/α,β-unsaturated/α-hetero) is 1. The highest BCUT2D eigenvalue weighted by Gasteiger charge is 2.58. The molecule has 0 N–H and O–H groups in total. The number of hydrazone groups is 1. The Morgan fingerprint density at radius 1 is 0.971 bits per heavy atom. The first-order valence-electron chi connectivity index (χ1n) is 10.6. The van der Waals surface area contributed by atoms with Crippen LogP contribution in [0.1, 0.15) is 15.9 Å². The zero-order valence-corrected chi connectivity index (χ0v) is 19.0. The first-order chi connectivity index (χ1) is 16.8. The number of hydrogen-bond donors (Lipinski definition) is 0. The van der Waals surface area contributed by atoms with Gasteiger partial charge in [-0.2, -0.15) is 5.10 Å². The highest BCUT2D eigenvalue weighted by molar-refractivity contribution is 6.53. The van der Waals surface area contributed by atoms with Gasteiger partial charge < -0.3 is 0 Å². The molecule has 174 valence electrons. The minimum atomic E-state index is -1.15. The number of hydrogen-bond acceptors (Lipinski definition) is 7. The van der Waals surface area contributed by atoms with Gasteiger partial charge in [0.15, 0.2) is 0 Å². The number of nitro benzene ring substituents is 1. The first kappa shape index (κ1) is 22.4. The number of halogens is 1. The molecule has 35 heavy (non-hydrogen) atoms. The van der Waals surface area contributed by atoms with E-state index in [9.17, 15) is 24.5 Å². The molecule has 0 radical (unpaired) electrons. The van der Waals surface area contributed by atoms with Crippen LogP contribution in [0.5, 0.6) is 0 Å². The largest absolute Gasteiger partial charge is 0.287 e. The lowest BCUT2D eigenvalue weighted by Gasteiger charge is -2.23. The van der Waals surface area contributed by atoms with Crippen LogP contribution in [0.3, 0.4) is 0 Å². The highest BCUT2D eigenvalue weighted by Crippen LogP contribution is 2.40. The number of fused-ring (bicyclic) bond motifs is 1. The average molecular weight is 489 g/mol. The molecule has 3 aromatic rings. The summed E-state index contributed by atoms with van der Waals surface area (Å²) in [5.41, 5.74) is 1.34. The van der Waals surface area contributed by atoms with Gasteiger partial charge in [-0.05, 0) is 36.8 Å². The molecule has 2 amide bonds. The summed E-state index contributed by atoms with van der Waals surface area (Å²) < 4.78 is 0. The van der Waals surface area contributed by atoms with Crippen molar-refractivity contribution in [2.24, 2.45) is 11.0 Å². The molecule has 2 aliphatic heterocycles. The van der Waals surface area contributed by atoms with Crippen molar-refractivity contribution in [3.63, 3.8) is 0 Å². The maximum atomic E-state index is 13.7. The minimum absolute atomic E-state index is 0.0694. The van der Waals surface area contributed by atoms with Gasteiger partial charge in [-0.15, -0.1) is 0 Å². The molecule has 0 unspecified atom stereocenters. The fraction of sp³-hybridized carbons (Fsp3) is 0.120. The van der Waals surface area contributed by atoms with Gasteiger partial charge in [0, 0.05) is 22.7 Å². The molecule has 2 aliphatic rings. The summed E-state index contributed by atoms with van der Waals surface area (Å²) in [5.74, 6) is -2.78. The molecular weight excluding hydrogens is 472 g/mol. The molecule has 9 nitrogen and oxygen atoms in total. The smallest absolute Gasteiger partial charge is 0.269 e. The third-order valence-corrected chi connectivity index (χ3v) is 6.53. The number of amides is 2. The van der Waals surface area contributed by atoms with Gasteiger partial charge in [-0.1, -0.05) is 48.0 Å². The van der Waals surface area contributed by atoms with Crippen LogP contribution in [0.15, 0.2) is 77.9 Å². The summed E-state index contributed by atoms with van der Waals surface area (Å²) in [4.78, 5) is 52.2. The van der Waals surface area contributed by atoms with Gasteiger partial charge in [0.1, 0.15) is 17.7 Å². The Balaban J connectivity index is 1.63. The van der Waals surface area contributed by atoms with E-state index >= 15 is 0 Å². The van der Waals surface area contributed by atoms with Crippen LogP contribution in [0.25, 0.3) is 0 Å². The number of benzene rings is 3. The number of carbonyl (C=O) groups is 3. The van der Waals surface area contributed by atoms with Crippen LogP contribution < -0.4 is 9.91 Å². The van der Waals surface area contributed by atoms with Crippen molar-refractivity contribution in [2.45, 2.75) is 13.0 Å². The molecule has 1 fully saturated rings. The molecule has 0 spiro atoms. The van der Waals surface area contributed by atoms with E-state index in [2.05, 4.69) is 5.10 Å². The summed E-state index contributed by atoms with van der Waals surface area (Å²) >= 11 is 6.24. The second kappa shape index (κ2) is 8.44. The third kappa shape index (κ3) is 3.57. The number of ketones is 1. The summed E-state index contributed by atoms with van der Waals surface area (Å²) in [7, 11) is 0. The number of imide groups is 1. The summed E-state index contributed by atoms with van der Waals surface area (Å²) in [5, 5.41) is 17.2. The lowest BCUT2D eigenvalue weighted by molar-refractivity contribution is -0.384. The zero-order valence-electron chi connectivity index (χ0n) is 18.3. The van der Waals surface area contributed by atoms with Crippen LogP contribution in [0, 0.1) is 23.0 Å². The second-order valence-corrected chi connectivity index (χ2v) is 8.52. The van der Waals surface area contributed by atoms with Crippen molar-refractivity contribution in [1.29, 1.82) is 0 Å². The minimum Gasteiger partial charge on any atom is -0.287 e. The van der Waals surface area contributed by atoms with Crippen LogP contribution in [0.2, 0.25) is 5.02 Å². The molecule has 0 aliphatic carbocycles. The normalized spacial score (nSPS) is 19.1. The second-order valence-electron chi connectivity index (χ2n) is 8.12. The number of rotatable bonds is 5. The fourth-order valence-electron chi connectivity index (χ4n) is 4.36. The van der Waals surface area contributed by atoms with E-state index in [0.29, 0.717) is 27.5 Å². The molecule has 5 rings (SSSR count). The molecule has 0 saturated carbocycles. The monoisotopic (exact) mass is 488 g/mol. The van der Waals surface area contributed by atoms with E-state index in [1.54, 1.807) is 55.5 Å². The zero-order chi connectivity index (χ0) is 24.9. The molecule has 0 aromatic heterocycles. The van der Waals surface area contributed by atoms with Crippen molar-refractivity contribution in [3.8, 4) is 0 Å². The SMILES string of the molecule is Cc1c(Cl)cccc1N1C(=O)[C@H]2C(C(=O)c3ccccc3)=NN(c3ccc([N+](=O)[O-])cc3)[C@H]2C1=O. The molecule has 0 bridgehead atoms. The van der Waals surface area contributed by atoms with E-state index < -0.39 is 34.5 Å². The molecule has 2 heterocycles. The lowest BCUT2D eigenvalue weighted by Crippen LogP contribution is -2.39. The summed E-state index contributed by atoms with van der Waals surface area (Å²) in [6.45, 7) is 1.70. The maximum absolute atomic E-state index is 13.7. The predicted octanol–water partition coefficient (Wildman–Crippen LogP) is 4.17. The third-order valence-electron chi connectivity index (χ3n) is 6.12. The lowest BCUT2D eigenvalue weighted by atomic mass is 9.92. The Kier molecular flexibility index (Phi) is 5.41. The Bertz CT molecular complexity index is 1420. The highest BCUT2D eigenvalue weighted by atomic mass is 35.5. The molecule has 1 saturated heterocycles. The van der Waals surface area contributed by atoms with Crippen molar-refractivity contribution in [1.82, 2.24) is 0 Å². The van der Waals surface area contributed by atoms with E-state index in [-0.39, 0.29) is 11.4 Å². The van der Waals surface area contributed by atoms with Gasteiger partial charge in [-0.3, -0.25) is 29.5 Å². The van der Waals surface area contributed by atoms with Gasteiger partial charge in [0.2, 0.25) is 11.7 Å². The van der Waals surface area contributed by atoms with Crippen molar-refractivity contribution >= 4 is 52.0 Å². The van der Waals surface area contributed by atoms with Crippen LogP contribution in [0.4, 0.5) is 17.1 Å². The number of anilines is 2. The van der Waals surface area contributed by atoms with Crippen LogP contribution in [-0.2, 0) is 9.59 Å². The van der Waals surface area contributed by atoms with Gasteiger partial charge >= 0.3 is 0 Å². The number of nitrogens with zero attached hydrogens (tertiary/aromatic N) is 4. The molecule has 3 aromatic carbocycles. The predicted molar refractivity (Wildman–Crippen MR) is 130 cm³/mol. The summed E-state index contributed by atoms with van der Waals surface area (Å²) in [6.07, 6.45) is 0. The first-order valence-corrected chi connectivity index (χ1v) is 11.0. The Hall–Kier alpha value is -4.37. The average Bonchev–Trinajstić information content (AvgIpc) is 3.38. The summed E-state index contributed by atoms with van der Waals surface area (Å²) in [6, 6.07) is 17.5. The van der Waals surface area contributed by atoms with Gasteiger partial charge in [0.05, 0.1) is 16.3 Å². The van der Waals surface area contributed by atoms with Crippen molar-refractivity contribution in [3.05, 3.63) is 99.1 Å². The Labute approximate surface area is 204 Å². The van der Waals surface area contributed by atoms with E-state index in [1.165, 1.54) is 29.3 Å². The van der Waals surface area contributed by atoms with Gasteiger partial charge in [-0.25, -0.2) is 4.90 Å². The standard InChI is InChI=1S/C25H17ClN4O5/c1-14-18(26)8-5-9-19(14)28-24(32)20-21(23(31)15-6-3-2-4-7-15)27-29(22(20)25(28)33)16-10-12-17(13-11-16)30(34)35/h2-13,20,22H,1H3/t20-,22+/m0/s1. The van der Waals surface area contributed by atoms with Gasteiger partial charge in [0.25, 0.3) is 11.6 Å². The topological polar surface area (TPSA) is 113 Å². The van der Waals surface area contributed by atoms with Crippen LogP contribution in [-0.4, -0.2) is 34.3 Å². The number of carbonyl (C=O) groups excluding carboxylic acids is 3. The van der Waals surface area contributed by atoms with Crippen molar-refractivity contribution < 1.29 is 19.3 Å². The van der Waals surface area contributed by atoms with Crippen LogP contribution >= 0.6 is 11.6 Å². The quantitative estimate of drug-likeness (QED) is 0.230. The van der Waals surface area contributed by atoms with E-state index in [0.717, 1.165) is 4.90 Å². The Morgan fingerprint density at radius 3 is 2.31 bits per heavy atom. The Morgan fingerprint density at radius 2 is 1.66 bits per heavy atom. The number of nitro groups is 1. The molecule has 2 atom stereocenters. The number of non-ortho nitro benzene ring substituents is 1. The fourth-order valence-corrected chi connectivity index (χ4v) is 4.53. The maximum Gasteiger partial charge on any atom is 0.269 e. The molecule has 10 heteroatoms. The van der Waals surface area contributed by atoms with E-state index in [4.69, 9.17) is 11.6 Å². The molecular formula is C25H17ClN4O5.